The van der Waals surface area contributed by atoms with E-state index in [0.717, 1.165) is 22.2 Å². The first-order valence-electron chi connectivity index (χ1n) is 9.87. The van der Waals surface area contributed by atoms with Gasteiger partial charge in [0.2, 0.25) is 0 Å². The number of carbonyl (C=O) groups excluding carboxylic acids is 2. The molecule has 3 heterocycles. The first kappa shape index (κ1) is 19.3. The van der Waals surface area contributed by atoms with Crippen LogP contribution in [0.4, 0.5) is 5.13 Å². The number of rotatable bonds is 4. The number of carbonyl (C=O) groups is 2. The van der Waals surface area contributed by atoms with Crippen LogP contribution >= 0.6 is 11.3 Å². The van der Waals surface area contributed by atoms with Crippen molar-refractivity contribution in [3.8, 4) is 0 Å². The standard InChI is InChI=1S/C24H18N2O4S/c1-2-14-9-11-15(12-10-14)21(27)19-20(17-7-5-13-30-17)26(23(29)22(19)28)24-25-16-6-3-4-8-18(16)31-24/h3-13,20,27H,2H2,1H3/b21-19+. The average Bonchev–Trinajstić information content (AvgIpc) is 3.52. The second kappa shape index (κ2) is 7.52. The number of furan rings is 1. The van der Waals surface area contributed by atoms with Gasteiger partial charge in [0.15, 0.2) is 5.13 Å². The quantitative estimate of drug-likeness (QED) is 0.277. The fraction of sp³-hybridized carbons (Fsp3) is 0.125. The Morgan fingerprint density at radius 2 is 1.87 bits per heavy atom. The fourth-order valence-electron chi connectivity index (χ4n) is 3.76. The number of nitrogens with zero attached hydrogens (tertiary/aromatic N) is 2. The number of fused-ring (bicyclic) bond motifs is 1. The molecule has 6 nitrogen and oxygen atoms in total. The molecular formula is C24H18N2O4S. The van der Waals surface area contributed by atoms with Crippen molar-refractivity contribution < 1.29 is 19.1 Å². The number of thiazole rings is 1. The van der Waals surface area contributed by atoms with E-state index in [1.54, 1.807) is 24.3 Å². The third-order valence-electron chi connectivity index (χ3n) is 5.38. The van der Waals surface area contributed by atoms with Crippen LogP contribution in [0.5, 0.6) is 0 Å². The minimum atomic E-state index is -0.901. The first-order chi connectivity index (χ1) is 15.1. The summed E-state index contributed by atoms with van der Waals surface area (Å²) in [6.45, 7) is 2.04. The number of aliphatic hydroxyl groups is 1. The zero-order chi connectivity index (χ0) is 21.5. The summed E-state index contributed by atoms with van der Waals surface area (Å²) in [7, 11) is 0. The van der Waals surface area contributed by atoms with Gasteiger partial charge in [0.1, 0.15) is 17.6 Å². The van der Waals surface area contributed by atoms with Gasteiger partial charge in [0.25, 0.3) is 5.78 Å². The summed E-state index contributed by atoms with van der Waals surface area (Å²) in [6.07, 6.45) is 2.33. The van der Waals surface area contributed by atoms with Crippen LogP contribution in [0.2, 0.25) is 0 Å². The molecule has 1 aliphatic rings. The summed E-state index contributed by atoms with van der Waals surface area (Å²) < 4.78 is 6.47. The lowest BCUT2D eigenvalue weighted by Crippen LogP contribution is -2.29. The summed E-state index contributed by atoms with van der Waals surface area (Å²) in [5, 5.41) is 11.4. The number of amides is 1. The molecule has 1 atom stereocenters. The fourth-order valence-corrected chi connectivity index (χ4v) is 4.75. The Kier molecular flexibility index (Phi) is 4.67. The van der Waals surface area contributed by atoms with Gasteiger partial charge in [-0.3, -0.25) is 14.5 Å². The predicted molar refractivity (Wildman–Crippen MR) is 119 cm³/mol. The highest BCUT2D eigenvalue weighted by Crippen LogP contribution is 2.44. The lowest BCUT2D eigenvalue weighted by atomic mass is 9.98. The van der Waals surface area contributed by atoms with E-state index < -0.39 is 17.7 Å². The molecular weight excluding hydrogens is 412 g/mol. The molecule has 1 N–H and O–H groups in total. The number of ketones is 1. The van der Waals surface area contributed by atoms with Crippen LogP contribution in [0.1, 0.15) is 29.9 Å². The van der Waals surface area contributed by atoms with E-state index in [0.29, 0.717) is 16.5 Å². The molecule has 1 fully saturated rings. The van der Waals surface area contributed by atoms with Crippen LogP contribution in [0.3, 0.4) is 0 Å². The number of aromatic nitrogens is 1. The minimum absolute atomic E-state index is 0.0107. The monoisotopic (exact) mass is 430 g/mol. The molecule has 1 amide bonds. The van der Waals surface area contributed by atoms with Crippen molar-refractivity contribution in [1.82, 2.24) is 4.98 Å². The van der Waals surface area contributed by atoms with Gasteiger partial charge in [-0.2, -0.15) is 0 Å². The minimum Gasteiger partial charge on any atom is -0.507 e. The number of para-hydroxylation sites is 1. The molecule has 1 aliphatic heterocycles. The lowest BCUT2D eigenvalue weighted by Gasteiger charge is -2.20. The van der Waals surface area contributed by atoms with Crippen LogP contribution in [0.25, 0.3) is 16.0 Å². The molecule has 0 aliphatic carbocycles. The third-order valence-corrected chi connectivity index (χ3v) is 6.42. The lowest BCUT2D eigenvalue weighted by molar-refractivity contribution is -0.132. The van der Waals surface area contributed by atoms with Crippen molar-refractivity contribution in [3.05, 3.63) is 89.4 Å². The second-order valence-electron chi connectivity index (χ2n) is 7.20. The van der Waals surface area contributed by atoms with E-state index in [4.69, 9.17) is 4.42 Å². The van der Waals surface area contributed by atoms with Gasteiger partial charge >= 0.3 is 5.91 Å². The second-order valence-corrected chi connectivity index (χ2v) is 8.21. The molecule has 154 valence electrons. The van der Waals surface area contributed by atoms with E-state index in [9.17, 15) is 14.7 Å². The highest BCUT2D eigenvalue weighted by molar-refractivity contribution is 7.22. The van der Waals surface area contributed by atoms with Crippen LogP contribution in [-0.4, -0.2) is 21.8 Å². The van der Waals surface area contributed by atoms with Gasteiger partial charge in [-0.05, 0) is 36.2 Å². The Morgan fingerprint density at radius 1 is 1.10 bits per heavy atom. The Hall–Kier alpha value is -3.71. The normalized spacial score (nSPS) is 18.2. The molecule has 31 heavy (non-hydrogen) atoms. The predicted octanol–water partition coefficient (Wildman–Crippen LogP) is 5.08. The molecule has 2 aromatic carbocycles. The molecule has 0 spiro atoms. The van der Waals surface area contributed by atoms with Crippen molar-refractivity contribution in [3.63, 3.8) is 0 Å². The Bertz CT molecular complexity index is 1290. The zero-order valence-corrected chi connectivity index (χ0v) is 17.4. The number of aryl methyl sites for hydroxylation is 1. The number of aliphatic hydroxyl groups excluding tert-OH is 1. The van der Waals surface area contributed by atoms with Gasteiger partial charge in [-0.1, -0.05) is 54.7 Å². The maximum absolute atomic E-state index is 13.1. The van der Waals surface area contributed by atoms with E-state index in [1.165, 1.54) is 22.5 Å². The van der Waals surface area contributed by atoms with Gasteiger partial charge in [-0.15, -0.1) is 0 Å². The van der Waals surface area contributed by atoms with Crippen molar-refractivity contribution in [2.45, 2.75) is 19.4 Å². The molecule has 7 heteroatoms. The largest absolute Gasteiger partial charge is 0.507 e. The van der Waals surface area contributed by atoms with E-state index >= 15 is 0 Å². The summed E-state index contributed by atoms with van der Waals surface area (Å²) in [4.78, 5) is 32.0. The summed E-state index contributed by atoms with van der Waals surface area (Å²) >= 11 is 1.31. The zero-order valence-electron chi connectivity index (χ0n) is 16.6. The summed E-state index contributed by atoms with van der Waals surface area (Å²) in [5.74, 6) is -1.36. The Labute approximate surface area is 182 Å². The topological polar surface area (TPSA) is 83.6 Å². The Balaban J connectivity index is 1.69. The van der Waals surface area contributed by atoms with Crippen molar-refractivity contribution in [2.24, 2.45) is 0 Å². The Morgan fingerprint density at radius 3 is 2.55 bits per heavy atom. The molecule has 0 saturated carbocycles. The van der Waals surface area contributed by atoms with Crippen molar-refractivity contribution >= 4 is 44.1 Å². The van der Waals surface area contributed by atoms with Crippen LogP contribution in [0.15, 0.2) is 76.9 Å². The van der Waals surface area contributed by atoms with Gasteiger partial charge in [0.05, 0.1) is 22.1 Å². The summed E-state index contributed by atoms with van der Waals surface area (Å²) in [5.41, 5.74) is 2.30. The third kappa shape index (κ3) is 3.14. The molecule has 5 rings (SSSR count). The number of Topliss-reactive ketones (excluding diaryl/α,β-unsaturated/α-hetero) is 1. The van der Waals surface area contributed by atoms with Crippen molar-refractivity contribution in [1.29, 1.82) is 0 Å². The van der Waals surface area contributed by atoms with E-state index in [-0.39, 0.29) is 11.3 Å². The molecule has 0 radical (unpaired) electrons. The average molecular weight is 430 g/mol. The van der Waals surface area contributed by atoms with Crippen LogP contribution in [-0.2, 0) is 16.0 Å². The van der Waals surface area contributed by atoms with Crippen molar-refractivity contribution in [2.75, 3.05) is 4.90 Å². The molecule has 0 bridgehead atoms. The van der Waals surface area contributed by atoms with Gasteiger partial charge in [-0.25, -0.2) is 4.98 Å². The molecule has 4 aromatic rings. The maximum Gasteiger partial charge on any atom is 0.302 e. The smallest absolute Gasteiger partial charge is 0.302 e. The number of hydrogen-bond donors (Lipinski definition) is 1. The van der Waals surface area contributed by atoms with Gasteiger partial charge in [0, 0.05) is 5.56 Å². The molecule has 2 aromatic heterocycles. The highest BCUT2D eigenvalue weighted by atomic mass is 32.1. The molecule has 1 unspecified atom stereocenters. The highest BCUT2D eigenvalue weighted by Gasteiger charge is 2.49. The number of anilines is 1. The van der Waals surface area contributed by atoms with Crippen LogP contribution in [0, 0.1) is 0 Å². The first-order valence-corrected chi connectivity index (χ1v) is 10.7. The number of hydrogen-bond acceptors (Lipinski definition) is 6. The number of benzene rings is 2. The maximum atomic E-state index is 13.1. The van der Waals surface area contributed by atoms with E-state index in [2.05, 4.69) is 4.98 Å². The van der Waals surface area contributed by atoms with Gasteiger partial charge < -0.3 is 9.52 Å². The summed E-state index contributed by atoms with van der Waals surface area (Å²) in [6, 6.07) is 17.3. The van der Waals surface area contributed by atoms with Crippen LogP contribution < -0.4 is 4.90 Å². The van der Waals surface area contributed by atoms with E-state index in [1.807, 2.05) is 43.3 Å². The SMILES string of the molecule is CCc1ccc(/C(O)=C2\C(=O)C(=O)N(c3nc4ccccc4s3)C2c2ccco2)cc1. The molecule has 1 saturated heterocycles.